The molecule has 0 aromatic heterocycles. The molecule has 2 N–H and O–H groups in total. The Labute approximate surface area is 135 Å². The molecule has 2 aliphatic heterocycles. The second-order valence-corrected chi connectivity index (χ2v) is 6.90. The van der Waals surface area contributed by atoms with E-state index in [4.69, 9.17) is 9.73 Å². The second kappa shape index (κ2) is 8.73. The summed E-state index contributed by atoms with van der Waals surface area (Å²) in [5, 5.41) is 6.81. The number of ether oxygens (including phenoxy) is 1. The Morgan fingerprint density at radius 2 is 2.18 bits per heavy atom. The molecule has 128 valence electrons. The zero-order chi connectivity index (χ0) is 15.8. The van der Waals surface area contributed by atoms with Crippen molar-refractivity contribution in [2.75, 3.05) is 39.3 Å². The summed E-state index contributed by atoms with van der Waals surface area (Å²) in [5.74, 6) is 0.920. The Morgan fingerprint density at radius 3 is 2.86 bits per heavy atom. The fourth-order valence-corrected chi connectivity index (χ4v) is 3.36. The Morgan fingerprint density at radius 1 is 1.32 bits per heavy atom. The molecule has 5 heteroatoms. The Kier molecular flexibility index (Phi) is 6.96. The van der Waals surface area contributed by atoms with Gasteiger partial charge >= 0.3 is 0 Å². The fraction of sp³-hybridized carbons (Fsp3) is 0.941. The van der Waals surface area contributed by atoms with Gasteiger partial charge in [-0.1, -0.05) is 6.42 Å². The van der Waals surface area contributed by atoms with Crippen molar-refractivity contribution >= 4 is 5.96 Å². The normalized spacial score (nSPS) is 30.5. The highest BCUT2D eigenvalue weighted by Crippen LogP contribution is 2.24. The molecule has 2 heterocycles. The van der Waals surface area contributed by atoms with E-state index in [1.165, 1.54) is 25.8 Å². The van der Waals surface area contributed by atoms with Crippen LogP contribution in [-0.2, 0) is 4.74 Å². The minimum atomic E-state index is -0.0657. The van der Waals surface area contributed by atoms with E-state index >= 15 is 0 Å². The highest BCUT2D eigenvalue weighted by atomic mass is 16.5. The summed E-state index contributed by atoms with van der Waals surface area (Å²) in [4.78, 5) is 7.30. The van der Waals surface area contributed by atoms with Gasteiger partial charge in [0.15, 0.2) is 5.96 Å². The lowest BCUT2D eigenvalue weighted by Crippen LogP contribution is -2.45. The Bertz CT molecular complexity index is 353. The van der Waals surface area contributed by atoms with E-state index in [0.717, 1.165) is 57.6 Å². The molecule has 0 aromatic rings. The zero-order valence-corrected chi connectivity index (χ0v) is 14.7. The third-order valence-electron chi connectivity index (χ3n) is 4.85. The third-order valence-corrected chi connectivity index (χ3v) is 4.85. The minimum absolute atomic E-state index is 0.0657. The Hall–Kier alpha value is -0.810. The highest BCUT2D eigenvalue weighted by molar-refractivity contribution is 5.79. The molecule has 0 radical (unpaired) electrons. The number of aliphatic imine (C=N–C) groups is 1. The van der Waals surface area contributed by atoms with Crippen LogP contribution in [0.3, 0.4) is 0 Å². The van der Waals surface area contributed by atoms with Crippen LogP contribution < -0.4 is 10.6 Å². The molecular formula is C17H34N4O. The molecule has 22 heavy (non-hydrogen) atoms. The first-order chi connectivity index (χ1) is 10.6. The van der Waals surface area contributed by atoms with Crippen LogP contribution in [0.25, 0.3) is 0 Å². The lowest BCUT2D eigenvalue weighted by molar-refractivity contribution is 0.0283. The molecule has 0 amide bonds. The quantitative estimate of drug-likeness (QED) is 0.582. The van der Waals surface area contributed by atoms with E-state index in [0.29, 0.717) is 0 Å². The van der Waals surface area contributed by atoms with Crippen molar-refractivity contribution in [3.05, 3.63) is 0 Å². The largest absolute Gasteiger partial charge is 0.373 e. The summed E-state index contributed by atoms with van der Waals surface area (Å²) in [5.41, 5.74) is -0.0657. The first-order valence-corrected chi connectivity index (χ1v) is 9.03. The van der Waals surface area contributed by atoms with Crippen molar-refractivity contribution in [3.8, 4) is 0 Å². The minimum Gasteiger partial charge on any atom is -0.373 e. The van der Waals surface area contributed by atoms with Crippen LogP contribution in [-0.4, -0.2) is 61.8 Å². The fourth-order valence-electron chi connectivity index (χ4n) is 3.36. The van der Waals surface area contributed by atoms with Crippen LogP contribution in [0.1, 0.15) is 52.9 Å². The van der Waals surface area contributed by atoms with Gasteiger partial charge in [0, 0.05) is 32.3 Å². The van der Waals surface area contributed by atoms with Gasteiger partial charge in [0.25, 0.3) is 0 Å². The zero-order valence-electron chi connectivity index (χ0n) is 14.7. The van der Waals surface area contributed by atoms with E-state index in [1.807, 2.05) is 0 Å². The average Bonchev–Trinajstić information content (AvgIpc) is 2.94. The molecule has 0 spiro atoms. The molecular weight excluding hydrogens is 276 g/mol. The van der Waals surface area contributed by atoms with E-state index in [1.54, 1.807) is 0 Å². The second-order valence-electron chi connectivity index (χ2n) is 6.90. The summed E-state index contributed by atoms with van der Waals surface area (Å²) in [6.45, 7) is 12.4. The van der Waals surface area contributed by atoms with Crippen LogP contribution in [0.5, 0.6) is 0 Å². The molecule has 2 unspecified atom stereocenters. The van der Waals surface area contributed by atoms with E-state index < -0.39 is 0 Å². The summed E-state index contributed by atoms with van der Waals surface area (Å²) in [6.07, 6.45) is 6.33. The number of nitrogens with one attached hydrogen (secondary N) is 2. The molecule has 0 bridgehead atoms. The standard InChI is InChI=1S/C17H34N4O/c1-4-18-16(20-14-17(3)9-7-13-22-17)19-10-12-21-11-6-5-8-15(21)2/h15H,4-14H2,1-3H3,(H2,18,19,20). The van der Waals surface area contributed by atoms with Crippen molar-refractivity contribution < 1.29 is 4.74 Å². The molecule has 0 aromatic carbocycles. The predicted octanol–water partition coefficient (Wildman–Crippen LogP) is 1.99. The van der Waals surface area contributed by atoms with Gasteiger partial charge < -0.3 is 15.4 Å². The maximum absolute atomic E-state index is 5.81. The molecule has 2 rings (SSSR count). The molecule has 5 nitrogen and oxygen atoms in total. The Balaban J connectivity index is 1.75. The smallest absolute Gasteiger partial charge is 0.191 e. The number of likely N-dealkylation sites (tertiary alicyclic amines) is 1. The molecule has 2 aliphatic rings. The summed E-state index contributed by atoms with van der Waals surface area (Å²) >= 11 is 0. The summed E-state index contributed by atoms with van der Waals surface area (Å²) < 4.78 is 5.81. The number of guanidine groups is 1. The van der Waals surface area contributed by atoms with Crippen LogP contribution in [0.15, 0.2) is 4.99 Å². The average molecular weight is 310 g/mol. The van der Waals surface area contributed by atoms with Gasteiger partial charge in [-0.15, -0.1) is 0 Å². The van der Waals surface area contributed by atoms with Crippen molar-refractivity contribution in [1.29, 1.82) is 0 Å². The summed E-state index contributed by atoms with van der Waals surface area (Å²) in [6, 6.07) is 0.723. The van der Waals surface area contributed by atoms with Gasteiger partial charge in [0.1, 0.15) is 0 Å². The van der Waals surface area contributed by atoms with Crippen molar-refractivity contribution in [2.24, 2.45) is 4.99 Å². The van der Waals surface area contributed by atoms with Crippen LogP contribution >= 0.6 is 0 Å². The molecule has 0 saturated carbocycles. The molecule has 2 fully saturated rings. The summed E-state index contributed by atoms with van der Waals surface area (Å²) in [7, 11) is 0. The molecule has 2 saturated heterocycles. The van der Waals surface area contributed by atoms with Crippen molar-refractivity contribution in [3.63, 3.8) is 0 Å². The SMILES string of the molecule is CCNC(=NCC1(C)CCCO1)NCCN1CCCCC1C. The molecule has 0 aliphatic carbocycles. The topological polar surface area (TPSA) is 48.9 Å². The van der Waals surface area contributed by atoms with Gasteiger partial charge in [0.2, 0.25) is 0 Å². The number of hydrogen-bond donors (Lipinski definition) is 2. The van der Waals surface area contributed by atoms with E-state index in [9.17, 15) is 0 Å². The number of hydrogen-bond acceptors (Lipinski definition) is 3. The first kappa shape index (κ1) is 17.5. The van der Waals surface area contributed by atoms with Crippen molar-refractivity contribution in [1.82, 2.24) is 15.5 Å². The van der Waals surface area contributed by atoms with Gasteiger partial charge in [-0.05, 0) is 53.0 Å². The predicted molar refractivity (Wildman–Crippen MR) is 92.5 cm³/mol. The van der Waals surface area contributed by atoms with Crippen LogP contribution in [0.4, 0.5) is 0 Å². The molecule has 2 atom stereocenters. The number of piperidine rings is 1. The van der Waals surface area contributed by atoms with Gasteiger partial charge in [-0.25, -0.2) is 0 Å². The van der Waals surface area contributed by atoms with Gasteiger partial charge in [0.05, 0.1) is 12.1 Å². The maximum Gasteiger partial charge on any atom is 0.191 e. The highest BCUT2D eigenvalue weighted by Gasteiger charge is 2.29. The number of rotatable bonds is 6. The van der Waals surface area contributed by atoms with Gasteiger partial charge in [-0.3, -0.25) is 9.89 Å². The first-order valence-electron chi connectivity index (χ1n) is 9.03. The maximum atomic E-state index is 5.81. The van der Waals surface area contributed by atoms with Crippen LogP contribution in [0.2, 0.25) is 0 Å². The lowest BCUT2D eigenvalue weighted by atomic mass is 10.0. The van der Waals surface area contributed by atoms with Crippen molar-refractivity contribution in [2.45, 2.75) is 64.5 Å². The third kappa shape index (κ3) is 5.43. The van der Waals surface area contributed by atoms with E-state index in [-0.39, 0.29) is 5.60 Å². The van der Waals surface area contributed by atoms with Crippen LogP contribution in [0, 0.1) is 0 Å². The van der Waals surface area contributed by atoms with Gasteiger partial charge in [-0.2, -0.15) is 0 Å². The van der Waals surface area contributed by atoms with E-state index in [2.05, 4.69) is 36.3 Å². The lowest BCUT2D eigenvalue weighted by Gasteiger charge is -2.33. The number of nitrogens with zero attached hydrogens (tertiary/aromatic N) is 2. The monoisotopic (exact) mass is 310 g/mol.